The molecule has 3 rings (SSSR count). The van der Waals surface area contributed by atoms with Crippen LogP contribution in [0.4, 0.5) is 5.69 Å². The number of carbonyl (C=O) groups excluding carboxylic acids is 1. The lowest BCUT2D eigenvalue weighted by Crippen LogP contribution is -2.40. The number of nitrogens with one attached hydrogen (secondary N) is 2. The average Bonchev–Trinajstić information content (AvgIpc) is 3.53. The monoisotopic (exact) mass is 495 g/mol. The molecule has 0 unspecified atom stereocenters. The summed E-state index contributed by atoms with van der Waals surface area (Å²) < 4.78 is 59.7. The predicted octanol–water partition coefficient (Wildman–Crippen LogP) is 2.02. The summed E-state index contributed by atoms with van der Waals surface area (Å²) in [5, 5.41) is 2.73. The number of hydrogen-bond acceptors (Lipinski definition) is 6. The summed E-state index contributed by atoms with van der Waals surface area (Å²) >= 11 is 0. The Morgan fingerprint density at radius 1 is 1.00 bits per heavy atom. The number of hydrogen-bond donors (Lipinski definition) is 2. The van der Waals surface area contributed by atoms with Crippen LogP contribution in [0.5, 0.6) is 0 Å². The minimum atomic E-state index is -4.07. The van der Waals surface area contributed by atoms with Gasteiger partial charge in [0, 0.05) is 25.4 Å². The first-order valence-corrected chi connectivity index (χ1v) is 13.4. The maximum atomic E-state index is 13.2. The van der Waals surface area contributed by atoms with Gasteiger partial charge >= 0.3 is 0 Å². The van der Waals surface area contributed by atoms with Gasteiger partial charge in [-0.2, -0.15) is 4.31 Å². The van der Waals surface area contributed by atoms with E-state index in [1.54, 1.807) is 12.1 Å². The molecular formula is C22H29N3O6S2. The number of anilines is 1. The summed E-state index contributed by atoms with van der Waals surface area (Å²) in [6, 6.07) is 10.5. The molecule has 1 amide bonds. The lowest BCUT2D eigenvalue weighted by Gasteiger charge is -2.22. The van der Waals surface area contributed by atoms with Gasteiger partial charge in [0.15, 0.2) is 0 Å². The quantitative estimate of drug-likeness (QED) is 0.492. The number of sulfonamides is 2. The molecule has 2 aromatic rings. The van der Waals surface area contributed by atoms with Crippen LogP contribution in [0.3, 0.4) is 0 Å². The van der Waals surface area contributed by atoms with E-state index in [1.807, 2.05) is 19.9 Å². The third-order valence-corrected chi connectivity index (χ3v) is 8.44. The molecule has 1 aliphatic carbocycles. The minimum Gasteiger partial charge on any atom is -0.383 e. The van der Waals surface area contributed by atoms with Gasteiger partial charge in [0.2, 0.25) is 26.0 Å². The Labute approximate surface area is 195 Å². The van der Waals surface area contributed by atoms with Crippen LogP contribution in [-0.2, 0) is 29.6 Å². The average molecular weight is 496 g/mol. The van der Waals surface area contributed by atoms with Crippen molar-refractivity contribution in [3.05, 3.63) is 53.6 Å². The van der Waals surface area contributed by atoms with Crippen LogP contribution in [-0.4, -0.2) is 59.9 Å². The SMILES string of the molecule is COCCN(CC(=O)Nc1cc(C)cc(C)c1)S(=O)(=O)c1ccc(S(=O)(=O)NC2CC2)cc1. The van der Waals surface area contributed by atoms with Crippen LogP contribution in [0.1, 0.15) is 24.0 Å². The largest absolute Gasteiger partial charge is 0.383 e. The molecule has 9 nitrogen and oxygen atoms in total. The van der Waals surface area contributed by atoms with Gasteiger partial charge in [-0.15, -0.1) is 0 Å². The Balaban J connectivity index is 1.77. The lowest BCUT2D eigenvalue weighted by molar-refractivity contribution is -0.116. The fraction of sp³-hybridized carbons (Fsp3) is 0.409. The van der Waals surface area contributed by atoms with E-state index in [-0.39, 0.29) is 29.0 Å². The van der Waals surface area contributed by atoms with Gasteiger partial charge in [-0.3, -0.25) is 4.79 Å². The van der Waals surface area contributed by atoms with Crippen LogP contribution < -0.4 is 10.0 Å². The van der Waals surface area contributed by atoms with E-state index >= 15 is 0 Å². The van der Waals surface area contributed by atoms with Crippen LogP contribution in [0.15, 0.2) is 52.3 Å². The minimum absolute atomic E-state index is 0.00986. The Bertz CT molecular complexity index is 1190. The first-order valence-electron chi connectivity index (χ1n) is 10.5. The smallest absolute Gasteiger partial charge is 0.243 e. The highest BCUT2D eigenvalue weighted by Crippen LogP contribution is 2.24. The van der Waals surface area contributed by atoms with E-state index in [2.05, 4.69) is 10.0 Å². The van der Waals surface area contributed by atoms with Crippen molar-refractivity contribution in [3.63, 3.8) is 0 Å². The first kappa shape index (κ1) is 25.3. The normalized spacial score (nSPS) is 14.4. The molecule has 180 valence electrons. The van der Waals surface area contributed by atoms with Gasteiger partial charge in [0.25, 0.3) is 0 Å². The van der Waals surface area contributed by atoms with Crippen molar-refractivity contribution >= 4 is 31.6 Å². The summed E-state index contributed by atoms with van der Waals surface area (Å²) in [6.07, 6.45) is 1.59. The number of amides is 1. The lowest BCUT2D eigenvalue weighted by atomic mass is 10.1. The van der Waals surface area contributed by atoms with Crippen molar-refractivity contribution in [1.29, 1.82) is 0 Å². The molecule has 0 atom stereocenters. The molecular weight excluding hydrogens is 466 g/mol. The van der Waals surface area contributed by atoms with Gasteiger partial charge in [0.05, 0.1) is 22.9 Å². The maximum Gasteiger partial charge on any atom is 0.243 e. The number of ether oxygens (including phenoxy) is 1. The Morgan fingerprint density at radius 3 is 2.12 bits per heavy atom. The molecule has 0 aromatic heterocycles. The highest BCUT2D eigenvalue weighted by Gasteiger charge is 2.30. The molecule has 0 aliphatic heterocycles. The molecule has 0 heterocycles. The fourth-order valence-corrected chi connectivity index (χ4v) is 6.00. The van der Waals surface area contributed by atoms with Crippen LogP contribution in [0.2, 0.25) is 0 Å². The molecule has 1 aliphatic rings. The number of methoxy groups -OCH3 is 1. The van der Waals surface area contributed by atoms with Crippen molar-refractivity contribution in [3.8, 4) is 0 Å². The van der Waals surface area contributed by atoms with E-state index in [0.717, 1.165) is 28.3 Å². The van der Waals surface area contributed by atoms with E-state index in [1.165, 1.54) is 31.4 Å². The van der Waals surface area contributed by atoms with Gasteiger partial charge in [-0.1, -0.05) is 6.07 Å². The van der Waals surface area contributed by atoms with E-state index < -0.39 is 32.5 Å². The molecule has 2 N–H and O–H groups in total. The van der Waals surface area contributed by atoms with E-state index in [4.69, 9.17) is 4.74 Å². The predicted molar refractivity (Wildman–Crippen MR) is 125 cm³/mol. The molecule has 0 saturated heterocycles. The molecule has 11 heteroatoms. The summed E-state index contributed by atoms with van der Waals surface area (Å²) in [7, 11) is -6.33. The second-order valence-corrected chi connectivity index (χ2v) is 11.8. The van der Waals surface area contributed by atoms with Gasteiger partial charge in [-0.25, -0.2) is 21.6 Å². The van der Waals surface area contributed by atoms with E-state index in [0.29, 0.717) is 5.69 Å². The zero-order valence-electron chi connectivity index (χ0n) is 18.9. The fourth-order valence-electron chi connectivity index (χ4n) is 3.31. The number of aryl methyl sites for hydroxylation is 2. The summed E-state index contributed by atoms with van der Waals surface area (Å²) in [5.74, 6) is -0.493. The highest BCUT2D eigenvalue weighted by atomic mass is 32.2. The van der Waals surface area contributed by atoms with Crippen molar-refractivity contribution in [2.75, 3.05) is 32.1 Å². The molecule has 1 fully saturated rings. The third kappa shape index (κ3) is 6.84. The summed E-state index contributed by atoms with van der Waals surface area (Å²) in [5.41, 5.74) is 2.53. The zero-order valence-corrected chi connectivity index (χ0v) is 20.5. The van der Waals surface area contributed by atoms with Crippen molar-refractivity contribution in [2.24, 2.45) is 0 Å². The molecule has 0 spiro atoms. The Hall–Kier alpha value is -2.31. The van der Waals surface area contributed by atoms with E-state index in [9.17, 15) is 21.6 Å². The number of benzene rings is 2. The van der Waals surface area contributed by atoms with Crippen molar-refractivity contribution in [2.45, 2.75) is 42.5 Å². The van der Waals surface area contributed by atoms with Gasteiger partial charge < -0.3 is 10.1 Å². The highest BCUT2D eigenvalue weighted by molar-refractivity contribution is 7.89. The molecule has 1 saturated carbocycles. The Morgan fingerprint density at radius 2 is 1.58 bits per heavy atom. The standard InChI is InChI=1S/C22H29N3O6S2/c1-16-12-17(2)14-19(13-16)23-22(26)15-25(10-11-31-3)33(29,30)21-8-6-20(7-9-21)32(27,28)24-18-4-5-18/h6-9,12-14,18,24H,4-5,10-11,15H2,1-3H3,(H,23,26). The van der Waals surface area contributed by atoms with Crippen LogP contribution in [0.25, 0.3) is 0 Å². The molecule has 33 heavy (non-hydrogen) atoms. The first-order chi connectivity index (χ1) is 15.5. The Kier molecular flexibility index (Phi) is 7.91. The molecule has 0 bridgehead atoms. The van der Waals surface area contributed by atoms with Crippen molar-refractivity contribution in [1.82, 2.24) is 9.03 Å². The van der Waals surface area contributed by atoms with Gasteiger partial charge in [-0.05, 0) is 74.2 Å². The van der Waals surface area contributed by atoms with Crippen molar-refractivity contribution < 1.29 is 26.4 Å². The van der Waals surface area contributed by atoms with Crippen LogP contribution in [0, 0.1) is 13.8 Å². The van der Waals surface area contributed by atoms with Gasteiger partial charge in [0.1, 0.15) is 0 Å². The number of carbonyl (C=O) groups is 1. The molecule has 0 radical (unpaired) electrons. The summed E-state index contributed by atoms with van der Waals surface area (Å²) in [4.78, 5) is 12.5. The zero-order chi connectivity index (χ0) is 24.2. The third-order valence-electron chi connectivity index (χ3n) is 5.04. The topological polar surface area (TPSA) is 122 Å². The second kappa shape index (κ2) is 10.3. The van der Waals surface area contributed by atoms with Crippen LogP contribution >= 0.6 is 0 Å². The second-order valence-electron chi connectivity index (χ2n) is 8.12. The summed E-state index contributed by atoms with van der Waals surface area (Å²) in [6.45, 7) is 3.45. The number of rotatable bonds is 11. The number of nitrogens with zero attached hydrogens (tertiary/aromatic N) is 1. The molecule has 2 aromatic carbocycles. The maximum absolute atomic E-state index is 13.2.